The topological polar surface area (TPSA) is 15.3 Å². The van der Waals surface area contributed by atoms with E-state index in [9.17, 15) is 0 Å². The summed E-state index contributed by atoms with van der Waals surface area (Å²) in [5.41, 5.74) is 1.18. The molecule has 0 spiro atoms. The van der Waals surface area contributed by atoms with Crippen molar-refractivity contribution in [2.45, 2.75) is 45.7 Å². The van der Waals surface area contributed by atoms with Crippen LogP contribution < -0.4 is 10.2 Å². The summed E-state index contributed by atoms with van der Waals surface area (Å²) in [6.45, 7) is 10.9. The highest BCUT2D eigenvalue weighted by Gasteiger charge is 2.36. The average molecular weight is 315 g/mol. The number of rotatable bonds is 3. The first-order chi connectivity index (χ1) is 9.36. The van der Waals surface area contributed by atoms with Gasteiger partial charge in [-0.15, -0.1) is 0 Å². The number of nitrogens with one attached hydrogen (secondary N) is 1. The molecule has 1 heterocycles. The van der Waals surface area contributed by atoms with Crippen molar-refractivity contribution >= 4 is 28.9 Å². The zero-order chi connectivity index (χ0) is 14.9. The standard InChI is InChI=1S/C16H24Cl2N2/c1-5-16(4)10-20(15(9-19-16)11(2)3)14-8-12(17)6-7-13(14)18/h6-8,11,15,19H,5,9-10H2,1-4H3. The van der Waals surface area contributed by atoms with E-state index in [1.165, 1.54) is 0 Å². The number of anilines is 1. The van der Waals surface area contributed by atoms with Crippen LogP contribution in [0.5, 0.6) is 0 Å². The molecule has 0 aliphatic carbocycles. The summed E-state index contributed by atoms with van der Waals surface area (Å²) in [6.07, 6.45) is 1.09. The fourth-order valence-corrected chi connectivity index (χ4v) is 3.20. The first-order valence-corrected chi connectivity index (χ1v) is 8.08. The largest absolute Gasteiger partial charge is 0.364 e. The van der Waals surface area contributed by atoms with Gasteiger partial charge in [-0.3, -0.25) is 0 Å². The van der Waals surface area contributed by atoms with Crippen molar-refractivity contribution < 1.29 is 0 Å². The van der Waals surface area contributed by atoms with Gasteiger partial charge >= 0.3 is 0 Å². The molecule has 0 aromatic heterocycles. The zero-order valence-corrected chi connectivity index (χ0v) is 14.2. The van der Waals surface area contributed by atoms with E-state index in [4.69, 9.17) is 23.2 Å². The van der Waals surface area contributed by atoms with Crippen LogP contribution in [0.3, 0.4) is 0 Å². The molecule has 1 aromatic carbocycles. The van der Waals surface area contributed by atoms with Gasteiger partial charge in [0, 0.05) is 29.7 Å². The molecule has 1 aliphatic rings. The maximum atomic E-state index is 6.42. The van der Waals surface area contributed by atoms with Gasteiger partial charge in [-0.2, -0.15) is 0 Å². The smallest absolute Gasteiger partial charge is 0.0640 e. The van der Waals surface area contributed by atoms with Gasteiger partial charge in [-0.25, -0.2) is 0 Å². The summed E-state index contributed by atoms with van der Waals surface area (Å²) in [6, 6.07) is 6.16. The minimum absolute atomic E-state index is 0.122. The SMILES string of the molecule is CCC1(C)CN(c2cc(Cl)ccc2Cl)C(C(C)C)CN1. The van der Waals surface area contributed by atoms with Crippen LogP contribution in [-0.4, -0.2) is 24.7 Å². The zero-order valence-electron chi connectivity index (χ0n) is 12.7. The number of hydrogen-bond acceptors (Lipinski definition) is 2. The Bertz CT molecular complexity index is 476. The third-order valence-corrected chi connectivity index (χ3v) is 4.98. The molecule has 0 saturated carbocycles. The van der Waals surface area contributed by atoms with Crippen molar-refractivity contribution in [1.82, 2.24) is 5.32 Å². The molecule has 112 valence electrons. The molecule has 1 aliphatic heterocycles. The van der Waals surface area contributed by atoms with Gasteiger partial charge in [0.2, 0.25) is 0 Å². The number of hydrogen-bond donors (Lipinski definition) is 1. The summed E-state index contributed by atoms with van der Waals surface area (Å²) in [5, 5.41) is 5.21. The van der Waals surface area contributed by atoms with E-state index in [0.29, 0.717) is 12.0 Å². The van der Waals surface area contributed by atoms with Crippen LogP contribution in [-0.2, 0) is 0 Å². The van der Waals surface area contributed by atoms with Crippen molar-refractivity contribution in [2.75, 3.05) is 18.0 Å². The van der Waals surface area contributed by atoms with E-state index in [1.807, 2.05) is 18.2 Å². The molecular formula is C16H24Cl2N2. The van der Waals surface area contributed by atoms with Crippen LogP contribution in [0.1, 0.15) is 34.1 Å². The molecule has 0 radical (unpaired) electrons. The lowest BCUT2D eigenvalue weighted by Crippen LogP contribution is -2.64. The second kappa shape index (κ2) is 6.13. The highest BCUT2D eigenvalue weighted by molar-refractivity contribution is 6.35. The fourth-order valence-electron chi connectivity index (χ4n) is 2.81. The Balaban J connectivity index is 2.39. The van der Waals surface area contributed by atoms with E-state index in [2.05, 4.69) is 37.9 Å². The predicted octanol–water partition coefficient (Wildman–Crippen LogP) is 4.60. The Morgan fingerprint density at radius 3 is 2.70 bits per heavy atom. The highest BCUT2D eigenvalue weighted by atomic mass is 35.5. The van der Waals surface area contributed by atoms with E-state index in [-0.39, 0.29) is 5.54 Å². The molecule has 1 aromatic rings. The Morgan fingerprint density at radius 2 is 2.10 bits per heavy atom. The normalized spacial score (nSPS) is 27.1. The molecule has 1 N–H and O–H groups in total. The van der Waals surface area contributed by atoms with Crippen LogP contribution in [0.25, 0.3) is 0 Å². The lowest BCUT2D eigenvalue weighted by Gasteiger charge is -2.49. The van der Waals surface area contributed by atoms with Crippen LogP contribution in [0.4, 0.5) is 5.69 Å². The number of halogens is 2. The van der Waals surface area contributed by atoms with Gasteiger partial charge in [0.25, 0.3) is 0 Å². The molecule has 2 rings (SSSR count). The van der Waals surface area contributed by atoms with Crippen LogP contribution >= 0.6 is 23.2 Å². The van der Waals surface area contributed by atoms with Crippen molar-refractivity contribution in [2.24, 2.45) is 5.92 Å². The summed E-state index contributed by atoms with van der Waals surface area (Å²) >= 11 is 12.6. The van der Waals surface area contributed by atoms with Crippen molar-refractivity contribution in [3.05, 3.63) is 28.2 Å². The number of piperazine rings is 1. The highest BCUT2D eigenvalue weighted by Crippen LogP contribution is 2.35. The summed E-state index contributed by atoms with van der Waals surface area (Å²) < 4.78 is 0. The minimum Gasteiger partial charge on any atom is -0.364 e. The monoisotopic (exact) mass is 314 g/mol. The molecule has 2 atom stereocenters. The van der Waals surface area contributed by atoms with Gasteiger partial charge in [0.05, 0.1) is 10.7 Å². The second-order valence-electron chi connectivity index (χ2n) is 6.33. The Kier molecular flexibility index (Phi) is 4.88. The Morgan fingerprint density at radius 1 is 1.40 bits per heavy atom. The van der Waals surface area contributed by atoms with Gasteiger partial charge < -0.3 is 10.2 Å². The summed E-state index contributed by atoms with van der Waals surface area (Å²) in [4.78, 5) is 2.43. The lowest BCUT2D eigenvalue weighted by molar-refractivity contribution is 0.253. The summed E-state index contributed by atoms with van der Waals surface area (Å²) in [5.74, 6) is 0.555. The molecule has 2 unspecified atom stereocenters. The second-order valence-corrected chi connectivity index (χ2v) is 7.17. The molecular weight excluding hydrogens is 291 g/mol. The first-order valence-electron chi connectivity index (χ1n) is 7.33. The van der Waals surface area contributed by atoms with Gasteiger partial charge in [-0.1, -0.05) is 44.0 Å². The van der Waals surface area contributed by atoms with Gasteiger partial charge in [0.15, 0.2) is 0 Å². The third-order valence-electron chi connectivity index (χ3n) is 4.43. The van der Waals surface area contributed by atoms with Gasteiger partial charge in [-0.05, 0) is 37.5 Å². The van der Waals surface area contributed by atoms with Crippen LogP contribution in [0.15, 0.2) is 18.2 Å². The molecule has 1 fully saturated rings. The molecule has 2 nitrogen and oxygen atoms in total. The first kappa shape index (κ1) is 15.9. The van der Waals surface area contributed by atoms with E-state index < -0.39 is 0 Å². The fraction of sp³-hybridized carbons (Fsp3) is 0.625. The molecule has 20 heavy (non-hydrogen) atoms. The number of nitrogens with zero attached hydrogens (tertiary/aromatic N) is 1. The Hall–Kier alpha value is -0.440. The predicted molar refractivity (Wildman–Crippen MR) is 89.1 cm³/mol. The number of benzene rings is 1. The maximum Gasteiger partial charge on any atom is 0.0640 e. The summed E-state index contributed by atoms with van der Waals surface area (Å²) in [7, 11) is 0. The minimum atomic E-state index is 0.122. The third kappa shape index (κ3) is 3.24. The maximum absolute atomic E-state index is 6.42. The quantitative estimate of drug-likeness (QED) is 0.877. The van der Waals surface area contributed by atoms with E-state index in [1.54, 1.807) is 0 Å². The van der Waals surface area contributed by atoms with Crippen molar-refractivity contribution in [1.29, 1.82) is 0 Å². The van der Waals surface area contributed by atoms with Crippen LogP contribution in [0.2, 0.25) is 10.0 Å². The van der Waals surface area contributed by atoms with Crippen molar-refractivity contribution in [3.63, 3.8) is 0 Å². The van der Waals surface area contributed by atoms with Gasteiger partial charge in [0.1, 0.15) is 0 Å². The molecule has 0 amide bonds. The van der Waals surface area contributed by atoms with Crippen molar-refractivity contribution in [3.8, 4) is 0 Å². The lowest BCUT2D eigenvalue weighted by atomic mass is 9.89. The van der Waals surface area contributed by atoms with E-state index in [0.717, 1.165) is 35.2 Å². The van der Waals surface area contributed by atoms with E-state index >= 15 is 0 Å². The Labute approximate surface area is 132 Å². The molecule has 4 heteroatoms. The molecule has 1 saturated heterocycles. The molecule has 0 bridgehead atoms. The van der Waals surface area contributed by atoms with Crippen LogP contribution in [0, 0.1) is 5.92 Å². The average Bonchev–Trinajstić information content (AvgIpc) is 2.41.